The minimum atomic E-state index is -0.357. The van der Waals surface area contributed by atoms with Gasteiger partial charge in [-0.3, -0.25) is 0 Å². The van der Waals surface area contributed by atoms with Crippen molar-refractivity contribution in [3.63, 3.8) is 0 Å². The minimum Gasteiger partial charge on any atom is -0.393 e. The molecule has 0 radical (unpaired) electrons. The summed E-state index contributed by atoms with van der Waals surface area (Å²) in [5.74, 6) is 0. The Hall–Kier alpha value is 0.500. The first-order valence-corrected chi connectivity index (χ1v) is 8.34. The van der Waals surface area contributed by atoms with Crippen molar-refractivity contribution in [3.8, 4) is 0 Å². The Morgan fingerprint density at radius 3 is 1.83 bits per heavy atom. The molecule has 0 aliphatic rings. The number of halogens is 4. The average Bonchev–Trinajstić information content (AvgIpc) is 2.75. The van der Waals surface area contributed by atoms with E-state index >= 15 is 0 Å². The van der Waals surface area contributed by atoms with Crippen molar-refractivity contribution in [3.05, 3.63) is 17.9 Å². The van der Waals surface area contributed by atoms with Gasteiger partial charge >= 0.3 is 0 Å². The quantitative estimate of drug-likeness (QED) is 0.500. The number of aliphatic hydroxyl groups excluding tert-OH is 1. The van der Waals surface area contributed by atoms with Crippen molar-refractivity contribution in [2.45, 2.75) is 26.0 Å². The molecule has 0 unspecified atom stereocenters. The zero-order valence-electron chi connectivity index (χ0n) is 9.29. The Balaban J connectivity index is 2.51. The largest absolute Gasteiger partial charge is 0.393 e. The third-order valence-corrected chi connectivity index (χ3v) is 7.12. The smallest absolute Gasteiger partial charge is 0.129 e. The van der Waals surface area contributed by atoms with E-state index in [-0.39, 0.29) is 6.10 Å². The molecule has 0 bridgehead atoms. The van der Waals surface area contributed by atoms with E-state index < -0.39 is 0 Å². The van der Waals surface area contributed by atoms with Crippen LogP contribution in [0.3, 0.4) is 0 Å². The van der Waals surface area contributed by atoms with Crippen LogP contribution in [0.25, 0.3) is 11.0 Å². The number of hydrogen-bond acceptors (Lipinski definition) is 3. The van der Waals surface area contributed by atoms with E-state index in [1.807, 2.05) is 0 Å². The standard InChI is InChI=1S/C10H9Br4N3O/c1-4(18)2-3-17-15-9-7(13)5(11)6(12)8(14)10(9)16-17/h4,18H,2-3H2,1H3/t4-/m0/s1. The van der Waals surface area contributed by atoms with Gasteiger partial charge in [0.2, 0.25) is 0 Å². The highest BCUT2D eigenvalue weighted by atomic mass is 79.9. The number of aliphatic hydroxyl groups is 1. The van der Waals surface area contributed by atoms with Crippen LogP contribution < -0.4 is 0 Å². The third kappa shape index (κ3) is 2.82. The molecule has 0 aliphatic heterocycles. The average molecular weight is 507 g/mol. The zero-order valence-corrected chi connectivity index (χ0v) is 15.6. The number of hydrogen-bond donors (Lipinski definition) is 1. The van der Waals surface area contributed by atoms with Crippen LogP contribution in [0.4, 0.5) is 0 Å². The molecule has 0 aliphatic carbocycles. The SMILES string of the molecule is C[C@H](O)CCn1nc2c(Br)c(Br)c(Br)c(Br)c2n1. The van der Waals surface area contributed by atoms with Crippen molar-refractivity contribution in [1.82, 2.24) is 15.0 Å². The lowest BCUT2D eigenvalue weighted by molar-refractivity contribution is 0.174. The molecular weight excluding hydrogens is 498 g/mol. The summed E-state index contributed by atoms with van der Waals surface area (Å²) in [6.07, 6.45) is 0.267. The second-order valence-electron chi connectivity index (χ2n) is 3.89. The summed E-state index contributed by atoms with van der Waals surface area (Å²) in [6.45, 7) is 2.34. The maximum absolute atomic E-state index is 9.28. The molecule has 2 rings (SSSR count). The molecule has 0 fully saturated rings. The molecule has 0 saturated heterocycles. The van der Waals surface area contributed by atoms with E-state index in [1.54, 1.807) is 11.7 Å². The molecule has 18 heavy (non-hydrogen) atoms. The van der Waals surface area contributed by atoms with Crippen LogP contribution in [0, 0.1) is 0 Å². The summed E-state index contributed by atoms with van der Waals surface area (Å²) >= 11 is 14.0. The highest BCUT2D eigenvalue weighted by Gasteiger charge is 2.18. The van der Waals surface area contributed by atoms with E-state index in [4.69, 9.17) is 0 Å². The van der Waals surface area contributed by atoms with Gasteiger partial charge in [-0.05, 0) is 77.1 Å². The Morgan fingerprint density at radius 1 is 1.00 bits per heavy atom. The molecule has 8 heteroatoms. The van der Waals surface area contributed by atoms with Crippen molar-refractivity contribution in [2.24, 2.45) is 0 Å². The van der Waals surface area contributed by atoms with Crippen molar-refractivity contribution >= 4 is 74.8 Å². The van der Waals surface area contributed by atoms with E-state index in [9.17, 15) is 5.11 Å². The van der Waals surface area contributed by atoms with E-state index in [2.05, 4.69) is 73.9 Å². The molecule has 4 nitrogen and oxygen atoms in total. The lowest BCUT2D eigenvalue weighted by Gasteiger charge is -2.02. The van der Waals surface area contributed by atoms with Crippen LogP contribution in [0.2, 0.25) is 0 Å². The topological polar surface area (TPSA) is 50.9 Å². The highest BCUT2D eigenvalue weighted by molar-refractivity contribution is 9.15. The number of rotatable bonds is 3. The summed E-state index contributed by atoms with van der Waals surface area (Å²) in [5.41, 5.74) is 1.56. The van der Waals surface area contributed by atoms with Crippen LogP contribution >= 0.6 is 63.7 Å². The summed E-state index contributed by atoms with van der Waals surface area (Å²) in [7, 11) is 0. The molecule has 1 atom stereocenters. The predicted molar refractivity (Wildman–Crippen MR) is 84.6 cm³/mol. The fourth-order valence-corrected chi connectivity index (χ4v) is 3.68. The Labute approximate surface area is 138 Å². The number of nitrogens with zero attached hydrogens (tertiary/aromatic N) is 3. The number of fused-ring (bicyclic) bond motifs is 1. The van der Waals surface area contributed by atoms with Crippen molar-refractivity contribution < 1.29 is 5.11 Å². The fraction of sp³-hybridized carbons (Fsp3) is 0.400. The van der Waals surface area contributed by atoms with Crippen LogP contribution in [-0.2, 0) is 6.54 Å². The fourth-order valence-electron chi connectivity index (χ4n) is 1.45. The van der Waals surface area contributed by atoms with Crippen LogP contribution in [-0.4, -0.2) is 26.2 Å². The summed E-state index contributed by atoms with van der Waals surface area (Å²) in [5, 5.41) is 18.1. The van der Waals surface area contributed by atoms with Gasteiger partial charge in [-0.1, -0.05) is 0 Å². The number of aryl methyl sites for hydroxylation is 1. The van der Waals surface area contributed by atoms with Crippen molar-refractivity contribution in [1.29, 1.82) is 0 Å². The lowest BCUT2D eigenvalue weighted by atomic mass is 10.3. The van der Waals surface area contributed by atoms with E-state index in [0.717, 1.165) is 28.9 Å². The summed E-state index contributed by atoms with van der Waals surface area (Å²) in [4.78, 5) is 1.60. The maximum atomic E-state index is 9.28. The Morgan fingerprint density at radius 2 is 1.44 bits per heavy atom. The zero-order chi connectivity index (χ0) is 13.4. The molecule has 98 valence electrons. The van der Waals surface area contributed by atoms with Gasteiger partial charge in [0.1, 0.15) is 11.0 Å². The van der Waals surface area contributed by atoms with E-state index in [1.165, 1.54) is 0 Å². The van der Waals surface area contributed by atoms with Gasteiger partial charge in [-0.25, -0.2) is 0 Å². The first-order chi connectivity index (χ1) is 8.41. The first kappa shape index (κ1) is 14.9. The van der Waals surface area contributed by atoms with Gasteiger partial charge in [-0.2, -0.15) is 15.0 Å². The molecule has 2 aromatic rings. The Bertz CT molecular complexity index is 552. The molecule has 0 spiro atoms. The van der Waals surface area contributed by atoms with Gasteiger partial charge < -0.3 is 5.11 Å². The minimum absolute atomic E-state index is 0.357. The van der Waals surface area contributed by atoms with Gasteiger partial charge in [-0.15, -0.1) is 0 Å². The number of benzene rings is 1. The van der Waals surface area contributed by atoms with Gasteiger partial charge in [0.05, 0.1) is 21.6 Å². The second-order valence-corrected chi connectivity index (χ2v) is 7.06. The van der Waals surface area contributed by atoms with E-state index in [0.29, 0.717) is 13.0 Å². The maximum Gasteiger partial charge on any atom is 0.129 e. The molecule has 0 amide bonds. The highest BCUT2D eigenvalue weighted by Crippen LogP contribution is 2.42. The normalized spacial score (nSPS) is 13.2. The predicted octanol–water partition coefficient (Wildman–Crippen LogP) is 4.25. The molecule has 1 heterocycles. The summed E-state index contributed by atoms with van der Waals surface area (Å²) < 4.78 is 3.50. The molecule has 1 aromatic heterocycles. The molecular formula is C10H9Br4N3O. The first-order valence-electron chi connectivity index (χ1n) is 5.16. The van der Waals surface area contributed by atoms with Crippen LogP contribution in [0.5, 0.6) is 0 Å². The molecule has 1 aromatic carbocycles. The van der Waals surface area contributed by atoms with Gasteiger partial charge in [0.25, 0.3) is 0 Å². The Kier molecular flexibility index (Phi) is 4.86. The monoisotopic (exact) mass is 503 g/mol. The molecule has 1 N–H and O–H groups in total. The van der Waals surface area contributed by atoms with Crippen molar-refractivity contribution in [2.75, 3.05) is 0 Å². The van der Waals surface area contributed by atoms with Gasteiger partial charge in [0.15, 0.2) is 0 Å². The van der Waals surface area contributed by atoms with Gasteiger partial charge in [0, 0.05) is 8.95 Å². The lowest BCUT2D eigenvalue weighted by Crippen LogP contribution is -2.09. The second kappa shape index (κ2) is 5.87. The molecule has 0 saturated carbocycles. The summed E-state index contributed by atoms with van der Waals surface area (Å²) in [6, 6.07) is 0. The number of aromatic nitrogens is 3. The van der Waals surface area contributed by atoms with Crippen LogP contribution in [0.15, 0.2) is 17.9 Å². The third-order valence-electron chi connectivity index (χ3n) is 2.40. The van der Waals surface area contributed by atoms with Crippen LogP contribution in [0.1, 0.15) is 13.3 Å².